The summed E-state index contributed by atoms with van der Waals surface area (Å²) in [5.41, 5.74) is -0.939. The molecule has 0 saturated carbocycles. The third kappa shape index (κ3) is 5.99. The zero-order valence-corrected chi connectivity index (χ0v) is 21.9. The highest BCUT2D eigenvalue weighted by atomic mass is 19.2. The fourth-order valence-electron chi connectivity index (χ4n) is 4.38. The van der Waals surface area contributed by atoms with Gasteiger partial charge in [0.15, 0.2) is 23.3 Å². The zero-order chi connectivity index (χ0) is 28.5. The summed E-state index contributed by atoms with van der Waals surface area (Å²) in [6, 6.07) is 6.89. The van der Waals surface area contributed by atoms with E-state index in [0.29, 0.717) is 43.1 Å². The number of halogens is 4. The number of anilines is 1. The number of methoxy groups -OCH3 is 1. The molecule has 2 aromatic carbocycles. The van der Waals surface area contributed by atoms with Gasteiger partial charge in [0, 0.05) is 25.1 Å². The van der Waals surface area contributed by atoms with Gasteiger partial charge in [-0.25, -0.2) is 27.0 Å². The minimum absolute atomic E-state index is 0.0370. The number of ether oxygens (including phenoxy) is 2. The first kappa shape index (κ1) is 27.9. The third-order valence-electron chi connectivity index (χ3n) is 6.25. The van der Waals surface area contributed by atoms with E-state index in [1.807, 2.05) is 5.32 Å². The van der Waals surface area contributed by atoms with E-state index in [2.05, 4.69) is 5.10 Å². The van der Waals surface area contributed by atoms with E-state index >= 15 is 0 Å². The molecular formula is C27H28F4N4O4. The Morgan fingerprint density at radius 2 is 1.59 bits per heavy atom. The number of carbonyl (C=O) groups is 2. The second-order valence-electron chi connectivity index (χ2n) is 10.1. The lowest BCUT2D eigenvalue weighted by molar-refractivity contribution is 0.0203. The van der Waals surface area contributed by atoms with Gasteiger partial charge in [0.2, 0.25) is 0 Å². The van der Waals surface area contributed by atoms with Crippen molar-refractivity contribution in [3.63, 3.8) is 0 Å². The largest absolute Gasteiger partial charge is 0.497 e. The van der Waals surface area contributed by atoms with Gasteiger partial charge in [-0.15, -0.1) is 0 Å². The van der Waals surface area contributed by atoms with Crippen LogP contribution in [-0.4, -0.2) is 52.5 Å². The fraction of sp³-hybridized carbons (Fsp3) is 0.370. The van der Waals surface area contributed by atoms with Crippen molar-refractivity contribution in [1.82, 2.24) is 14.7 Å². The number of likely N-dealkylation sites (tertiary alicyclic amines) is 1. The topological polar surface area (TPSA) is 85.7 Å². The Labute approximate surface area is 222 Å². The molecule has 0 atom stereocenters. The minimum atomic E-state index is -1.72. The lowest BCUT2D eigenvalue weighted by atomic mass is 9.90. The van der Waals surface area contributed by atoms with E-state index < -0.39 is 46.6 Å². The van der Waals surface area contributed by atoms with Crippen LogP contribution in [0.5, 0.6) is 5.75 Å². The summed E-state index contributed by atoms with van der Waals surface area (Å²) in [6.07, 6.45) is 1.62. The summed E-state index contributed by atoms with van der Waals surface area (Å²) in [4.78, 5) is 27.3. The molecule has 2 amide bonds. The number of benzene rings is 2. The van der Waals surface area contributed by atoms with Crippen molar-refractivity contribution in [1.29, 1.82) is 0 Å². The normalized spacial score (nSPS) is 14.3. The van der Waals surface area contributed by atoms with Crippen LogP contribution in [0.3, 0.4) is 0 Å². The van der Waals surface area contributed by atoms with Gasteiger partial charge < -0.3 is 19.7 Å². The Bertz CT molecular complexity index is 1350. The average molecular weight is 549 g/mol. The maximum absolute atomic E-state index is 14.3. The lowest BCUT2D eigenvalue weighted by Crippen LogP contribution is -2.41. The molecule has 39 heavy (non-hydrogen) atoms. The van der Waals surface area contributed by atoms with Crippen LogP contribution in [0.4, 0.5) is 28.0 Å². The van der Waals surface area contributed by atoms with Crippen molar-refractivity contribution in [2.45, 2.75) is 45.1 Å². The van der Waals surface area contributed by atoms with E-state index in [4.69, 9.17) is 9.47 Å². The molecule has 208 valence electrons. The Morgan fingerprint density at radius 1 is 1.00 bits per heavy atom. The predicted molar refractivity (Wildman–Crippen MR) is 134 cm³/mol. The molecule has 4 rings (SSSR count). The van der Waals surface area contributed by atoms with Crippen LogP contribution in [0.2, 0.25) is 0 Å². The number of aromatic nitrogens is 2. The summed E-state index contributed by atoms with van der Waals surface area (Å²) in [5, 5.41) is 6.30. The van der Waals surface area contributed by atoms with Crippen LogP contribution in [0.15, 0.2) is 36.5 Å². The average Bonchev–Trinajstić information content (AvgIpc) is 3.34. The number of hydrogen-bond acceptors (Lipinski definition) is 5. The summed E-state index contributed by atoms with van der Waals surface area (Å²) in [5.74, 6) is -7.44. The first-order valence-electron chi connectivity index (χ1n) is 12.2. The maximum atomic E-state index is 14.3. The molecule has 0 bridgehead atoms. The molecular weight excluding hydrogens is 520 g/mol. The molecule has 1 aliphatic rings. The van der Waals surface area contributed by atoms with Gasteiger partial charge in [-0.1, -0.05) is 0 Å². The first-order chi connectivity index (χ1) is 18.4. The Morgan fingerprint density at radius 3 is 2.13 bits per heavy atom. The molecule has 2 heterocycles. The van der Waals surface area contributed by atoms with Crippen molar-refractivity contribution in [3.8, 4) is 11.4 Å². The highest BCUT2D eigenvalue weighted by molar-refractivity contribution is 6.05. The molecule has 3 aromatic rings. The molecule has 1 fully saturated rings. The number of nitrogens with zero attached hydrogens (tertiary/aromatic N) is 3. The monoisotopic (exact) mass is 548 g/mol. The number of amides is 2. The molecule has 8 nitrogen and oxygen atoms in total. The van der Waals surface area contributed by atoms with Crippen molar-refractivity contribution < 1.29 is 36.6 Å². The van der Waals surface area contributed by atoms with Gasteiger partial charge in [0.05, 0.1) is 30.3 Å². The van der Waals surface area contributed by atoms with Gasteiger partial charge in [-0.05, 0) is 57.9 Å². The fourth-order valence-corrected chi connectivity index (χ4v) is 4.38. The highest BCUT2D eigenvalue weighted by Gasteiger charge is 2.33. The first-order valence-corrected chi connectivity index (χ1v) is 12.2. The molecule has 0 radical (unpaired) electrons. The van der Waals surface area contributed by atoms with Crippen LogP contribution >= 0.6 is 0 Å². The highest BCUT2D eigenvalue weighted by Crippen LogP contribution is 2.34. The van der Waals surface area contributed by atoms with Crippen molar-refractivity contribution in [2.24, 2.45) is 0 Å². The van der Waals surface area contributed by atoms with E-state index in [9.17, 15) is 27.2 Å². The molecule has 1 saturated heterocycles. The molecule has 0 unspecified atom stereocenters. The Balaban J connectivity index is 1.67. The Hall–Kier alpha value is -4.09. The smallest absolute Gasteiger partial charge is 0.410 e. The maximum Gasteiger partial charge on any atom is 0.410 e. The van der Waals surface area contributed by atoms with E-state index in [1.54, 1.807) is 49.9 Å². The van der Waals surface area contributed by atoms with Crippen molar-refractivity contribution in [2.75, 3.05) is 25.5 Å². The Kier molecular flexibility index (Phi) is 7.84. The quantitative estimate of drug-likeness (QED) is 0.322. The summed E-state index contributed by atoms with van der Waals surface area (Å²) in [6.45, 7) is 5.96. The van der Waals surface area contributed by atoms with Crippen molar-refractivity contribution in [3.05, 3.63) is 71.1 Å². The van der Waals surface area contributed by atoms with Crippen LogP contribution < -0.4 is 10.1 Å². The molecule has 0 aliphatic carbocycles. The minimum Gasteiger partial charge on any atom is -0.497 e. The second-order valence-corrected chi connectivity index (χ2v) is 10.1. The molecule has 1 aliphatic heterocycles. The van der Waals surface area contributed by atoms with Crippen LogP contribution in [0.25, 0.3) is 5.69 Å². The van der Waals surface area contributed by atoms with Gasteiger partial charge in [0.25, 0.3) is 5.91 Å². The van der Waals surface area contributed by atoms with Gasteiger partial charge >= 0.3 is 6.09 Å². The standard InChI is InChI=1S/C27H28F4N4O4/c1-27(2,3)39-26(37)34-11-9-15(10-12-34)24-18(14-32-35(24)16-5-7-17(38-4)8-6-16)25(36)33-23-21(30)19(28)13-20(29)22(23)31/h5-8,13-15H,9-12H2,1-4H3,(H,33,36). The lowest BCUT2D eigenvalue weighted by Gasteiger charge is -2.34. The summed E-state index contributed by atoms with van der Waals surface area (Å²) < 4.78 is 68.2. The number of hydrogen-bond donors (Lipinski definition) is 1. The zero-order valence-electron chi connectivity index (χ0n) is 21.9. The second kappa shape index (κ2) is 11.0. The van der Waals surface area contributed by atoms with E-state index in [1.165, 1.54) is 18.0 Å². The van der Waals surface area contributed by atoms with Gasteiger partial charge in [-0.2, -0.15) is 5.10 Å². The molecule has 0 spiro atoms. The summed E-state index contributed by atoms with van der Waals surface area (Å²) >= 11 is 0. The SMILES string of the molecule is COc1ccc(-n2ncc(C(=O)Nc3c(F)c(F)cc(F)c3F)c2C2CCN(C(=O)OC(C)(C)C)CC2)cc1. The van der Waals surface area contributed by atoms with Crippen molar-refractivity contribution >= 4 is 17.7 Å². The van der Waals surface area contributed by atoms with Gasteiger partial charge in [0.1, 0.15) is 17.0 Å². The number of carbonyl (C=O) groups excluding carboxylic acids is 2. The number of nitrogens with one attached hydrogen (secondary N) is 1. The predicted octanol–water partition coefficient (Wildman–Crippen LogP) is 5.80. The molecule has 1 N–H and O–H groups in total. The van der Waals surface area contributed by atoms with Gasteiger partial charge in [-0.3, -0.25) is 4.79 Å². The molecule has 12 heteroatoms. The summed E-state index contributed by atoms with van der Waals surface area (Å²) in [7, 11) is 1.52. The van der Waals surface area contributed by atoms with E-state index in [0.717, 1.165) is 0 Å². The number of piperidine rings is 1. The van der Waals surface area contributed by atoms with Crippen LogP contribution in [0.1, 0.15) is 55.6 Å². The third-order valence-corrected chi connectivity index (χ3v) is 6.25. The van der Waals surface area contributed by atoms with E-state index in [-0.39, 0.29) is 17.5 Å². The van der Waals surface area contributed by atoms with Crippen LogP contribution in [0, 0.1) is 23.3 Å². The molecule has 1 aromatic heterocycles. The number of rotatable bonds is 5. The van der Waals surface area contributed by atoms with Crippen LogP contribution in [-0.2, 0) is 4.74 Å².